The molecule has 0 unspecified atom stereocenters. The summed E-state index contributed by atoms with van der Waals surface area (Å²) in [7, 11) is -4.08. The molecule has 7 nitrogen and oxygen atoms in total. The highest BCUT2D eigenvalue weighted by Crippen LogP contribution is 2.28. The minimum absolute atomic E-state index is 0.0943. The molecule has 0 bridgehead atoms. The van der Waals surface area contributed by atoms with Crippen LogP contribution in [0.15, 0.2) is 83.8 Å². The van der Waals surface area contributed by atoms with Crippen LogP contribution in [0.3, 0.4) is 0 Å². The number of carbonyl (C=O) groups is 2. The molecule has 0 heterocycles. The van der Waals surface area contributed by atoms with Gasteiger partial charge in [0, 0.05) is 13.1 Å². The number of carbonyl (C=O) groups excluding carboxylic acids is 2. The first-order valence-electron chi connectivity index (χ1n) is 13.3. The van der Waals surface area contributed by atoms with E-state index >= 15 is 0 Å². The number of anilines is 1. The van der Waals surface area contributed by atoms with Crippen LogP contribution in [0.1, 0.15) is 44.4 Å². The van der Waals surface area contributed by atoms with Crippen molar-refractivity contribution in [1.29, 1.82) is 0 Å². The number of aryl methyl sites for hydroxylation is 2. The Morgan fingerprint density at radius 2 is 1.44 bits per heavy atom. The Hall–Kier alpha value is -3.65. The van der Waals surface area contributed by atoms with E-state index in [0.717, 1.165) is 16.7 Å². The highest BCUT2D eigenvalue weighted by atomic mass is 32.2. The summed E-state index contributed by atoms with van der Waals surface area (Å²) in [5.74, 6) is -0.494. The Bertz CT molecular complexity index is 1370. The van der Waals surface area contributed by atoms with Gasteiger partial charge >= 0.3 is 0 Å². The first kappa shape index (κ1) is 29.9. The Labute approximate surface area is 232 Å². The maximum Gasteiger partial charge on any atom is 0.264 e. The van der Waals surface area contributed by atoms with Crippen molar-refractivity contribution in [1.82, 2.24) is 10.2 Å². The van der Waals surface area contributed by atoms with Gasteiger partial charge in [0.2, 0.25) is 11.8 Å². The first-order valence-corrected chi connectivity index (χ1v) is 14.8. The third kappa shape index (κ3) is 7.47. The molecule has 208 valence electrons. The fraction of sp³-hybridized carbons (Fsp3) is 0.355. The number of rotatable bonds is 12. The second-order valence-corrected chi connectivity index (χ2v) is 11.9. The van der Waals surface area contributed by atoms with E-state index in [0.29, 0.717) is 18.7 Å². The highest BCUT2D eigenvalue weighted by molar-refractivity contribution is 7.92. The Morgan fingerprint density at radius 1 is 0.846 bits per heavy atom. The van der Waals surface area contributed by atoms with Crippen molar-refractivity contribution in [3.05, 3.63) is 95.6 Å². The number of benzene rings is 3. The summed E-state index contributed by atoms with van der Waals surface area (Å²) in [6.07, 6.45) is 0.589. The van der Waals surface area contributed by atoms with Gasteiger partial charge in [0.25, 0.3) is 10.0 Å². The zero-order valence-electron chi connectivity index (χ0n) is 23.4. The van der Waals surface area contributed by atoms with E-state index in [-0.39, 0.29) is 23.3 Å². The standard InChI is InChI=1S/C31H39N3O4S/c1-6-26-15-12-13-19-29(26)34(39(37,38)28-17-8-7-9-18-28)22-30(35)33(21-27-16-11-10-14-24(27)4)25(5)31(36)32-20-23(2)3/h7-19,23,25H,6,20-22H2,1-5H3,(H,32,36)/t25-/m0/s1. The molecule has 0 fully saturated rings. The van der Waals surface area contributed by atoms with Crippen LogP contribution in [0.5, 0.6) is 0 Å². The molecule has 0 saturated heterocycles. The zero-order chi connectivity index (χ0) is 28.6. The largest absolute Gasteiger partial charge is 0.354 e. The summed E-state index contributed by atoms with van der Waals surface area (Å²) in [6, 6.07) is 22.2. The number of amides is 2. The van der Waals surface area contributed by atoms with Gasteiger partial charge in [0.15, 0.2) is 0 Å². The van der Waals surface area contributed by atoms with E-state index in [2.05, 4.69) is 5.32 Å². The molecule has 1 N–H and O–H groups in total. The van der Waals surface area contributed by atoms with E-state index in [1.54, 1.807) is 37.3 Å². The second kappa shape index (κ2) is 13.4. The lowest BCUT2D eigenvalue weighted by Gasteiger charge is -2.33. The SMILES string of the molecule is CCc1ccccc1N(CC(=O)N(Cc1ccccc1C)[C@@H](C)C(=O)NCC(C)C)S(=O)(=O)c1ccccc1. The van der Waals surface area contributed by atoms with Gasteiger partial charge in [0.1, 0.15) is 12.6 Å². The summed E-state index contributed by atoms with van der Waals surface area (Å²) in [4.78, 5) is 28.7. The lowest BCUT2D eigenvalue weighted by molar-refractivity contribution is -0.139. The molecule has 3 rings (SSSR count). The van der Waals surface area contributed by atoms with Gasteiger partial charge in [0.05, 0.1) is 10.6 Å². The van der Waals surface area contributed by atoms with Crippen LogP contribution in [-0.4, -0.2) is 44.3 Å². The van der Waals surface area contributed by atoms with Crippen molar-refractivity contribution in [2.24, 2.45) is 5.92 Å². The zero-order valence-corrected chi connectivity index (χ0v) is 24.2. The number of nitrogens with zero attached hydrogens (tertiary/aromatic N) is 2. The number of sulfonamides is 1. The van der Waals surface area contributed by atoms with Gasteiger partial charge < -0.3 is 10.2 Å². The summed E-state index contributed by atoms with van der Waals surface area (Å²) >= 11 is 0. The van der Waals surface area contributed by atoms with Crippen molar-refractivity contribution in [2.75, 3.05) is 17.4 Å². The van der Waals surface area contributed by atoms with Crippen molar-refractivity contribution < 1.29 is 18.0 Å². The monoisotopic (exact) mass is 549 g/mol. The fourth-order valence-corrected chi connectivity index (χ4v) is 5.77. The molecule has 0 aliphatic carbocycles. The quantitative estimate of drug-likeness (QED) is 0.347. The minimum atomic E-state index is -4.08. The molecule has 1 atom stereocenters. The lowest BCUT2D eigenvalue weighted by Crippen LogP contribution is -2.51. The summed E-state index contributed by atoms with van der Waals surface area (Å²) in [5.41, 5.74) is 3.12. The summed E-state index contributed by atoms with van der Waals surface area (Å²) in [5, 5.41) is 2.91. The van der Waals surface area contributed by atoms with Crippen molar-refractivity contribution >= 4 is 27.5 Å². The van der Waals surface area contributed by atoms with Crippen LogP contribution in [-0.2, 0) is 32.6 Å². The van der Waals surface area contributed by atoms with Crippen LogP contribution >= 0.6 is 0 Å². The van der Waals surface area contributed by atoms with E-state index in [4.69, 9.17) is 0 Å². The first-order chi connectivity index (χ1) is 18.6. The van der Waals surface area contributed by atoms with Crippen molar-refractivity contribution in [3.8, 4) is 0 Å². The number of hydrogen-bond donors (Lipinski definition) is 1. The third-order valence-corrected chi connectivity index (χ3v) is 8.48. The number of nitrogens with one attached hydrogen (secondary N) is 1. The maximum atomic E-state index is 14.0. The van der Waals surface area contributed by atoms with Gasteiger partial charge in [-0.1, -0.05) is 81.4 Å². The van der Waals surface area contributed by atoms with Crippen molar-refractivity contribution in [3.63, 3.8) is 0 Å². The molecule has 0 radical (unpaired) electrons. The summed E-state index contributed by atoms with van der Waals surface area (Å²) < 4.78 is 29.0. The van der Waals surface area contributed by atoms with Crippen LogP contribution in [0.4, 0.5) is 5.69 Å². The van der Waals surface area contributed by atoms with E-state index in [1.807, 2.05) is 64.1 Å². The van der Waals surface area contributed by atoms with E-state index in [9.17, 15) is 18.0 Å². The Kier molecular flexibility index (Phi) is 10.3. The van der Waals surface area contributed by atoms with Crippen LogP contribution < -0.4 is 9.62 Å². The molecule has 39 heavy (non-hydrogen) atoms. The minimum Gasteiger partial charge on any atom is -0.354 e. The van der Waals surface area contributed by atoms with Crippen LogP contribution in [0, 0.1) is 12.8 Å². The van der Waals surface area contributed by atoms with Crippen LogP contribution in [0.2, 0.25) is 0 Å². The molecule has 8 heteroatoms. The van der Waals surface area contributed by atoms with Gasteiger partial charge in [-0.25, -0.2) is 8.42 Å². The Morgan fingerprint density at radius 3 is 2.05 bits per heavy atom. The number of hydrogen-bond acceptors (Lipinski definition) is 4. The molecule has 2 amide bonds. The average molecular weight is 550 g/mol. The van der Waals surface area contributed by atoms with Gasteiger partial charge in [-0.3, -0.25) is 13.9 Å². The molecule has 0 saturated carbocycles. The Balaban J connectivity index is 2.05. The lowest BCUT2D eigenvalue weighted by atomic mass is 10.1. The molecule has 3 aromatic rings. The normalized spacial score (nSPS) is 12.2. The average Bonchev–Trinajstić information content (AvgIpc) is 2.94. The third-order valence-electron chi connectivity index (χ3n) is 6.71. The predicted octanol–water partition coefficient (Wildman–Crippen LogP) is 4.94. The molecular formula is C31H39N3O4S. The molecular weight excluding hydrogens is 510 g/mol. The second-order valence-electron chi connectivity index (χ2n) is 10.1. The van der Waals surface area contributed by atoms with Gasteiger partial charge in [-0.05, 0) is 61.1 Å². The molecule has 0 aliphatic heterocycles. The van der Waals surface area contributed by atoms with Gasteiger partial charge in [-0.2, -0.15) is 0 Å². The summed E-state index contributed by atoms with van der Waals surface area (Å²) in [6.45, 7) is 9.79. The molecule has 0 spiro atoms. The smallest absolute Gasteiger partial charge is 0.264 e. The predicted molar refractivity (Wildman–Crippen MR) is 156 cm³/mol. The maximum absolute atomic E-state index is 14.0. The number of para-hydroxylation sites is 1. The van der Waals surface area contributed by atoms with E-state index in [1.165, 1.54) is 21.3 Å². The highest BCUT2D eigenvalue weighted by Gasteiger charge is 2.33. The van der Waals surface area contributed by atoms with Crippen LogP contribution in [0.25, 0.3) is 0 Å². The van der Waals surface area contributed by atoms with Crippen molar-refractivity contribution in [2.45, 2.75) is 58.5 Å². The van der Waals surface area contributed by atoms with Gasteiger partial charge in [-0.15, -0.1) is 0 Å². The topological polar surface area (TPSA) is 86.8 Å². The van der Waals surface area contributed by atoms with E-state index < -0.39 is 28.5 Å². The molecule has 0 aromatic heterocycles. The molecule has 0 aliphatic rings. The molecule has 3 aromatic carbocycles. The fourth-order valence-electron chi connectivity index (χ4n) is 4.29.